The number of rotatable bonds is 2. The summed E-state index contributed by atoms with van der Waals surface area (Å²) in [5.74, 6) is 1.55. The number of nitrogens with zero attached hydrogens (tertiary/aromatic N) is 2. The number of hydrogen-bond donors (Lipinski definition) is 1. The van der Waals surface area contributed by atoms with Crippen LogP contribution in [-0.2, 0) is 0 Å². The molecule has 0 bridgehead atoms. The van der Waals surface area contributed by atoms with Crippen LogP contribution in [0.4, 0.5) is 5.82 Å². The van der Waals surface area contributed by atoms with Crippen LogP contribution in [0.25, 0.3) is 22.2 Å². The molecule has 3 aromatic rings. The lowest BCUT2D eigenvalue weighted by molar-refractivity contribution is 0.818. The molecule has 3 nitrogen and oxygen atoms in total. The molecular weight excluding hydrogens is 246 g/mol. The quantitative estimate of drug-likeness (QED) is 0.760. The van der Waals surface area contributed by atoms with E-state index in [1.165, 1.54) is 5.39 Å². The number of fused-ring (bicyclic) bond motifs is 1. The average Bonchev–Trinajstić information content (AvgIpc) is 2.46. The number of aromatic nitrogens is 2. The summed E-state index contributed by atoms with van der Waals surface area (Å²) in [5, 5.41) is 2.33. The van der Waals surface area contributed by atoms with Crippen LogP contribution in [0, 0.1) is 0 Å². The van der Waals surface area contributed by atoms with Crippen molar-refractivity contribution in [2.24, 2.45) is 0 Å². The van der Waals surface area contributed by atoms with Crippen molar-refractivity contribution in [1.29, 1.82) is 0 Å². The summed E-state index contributed by atoms with van der Waals surface area (Å²) in [6.45, 7) is 4.21. The van der Waals surface area contributed by atoms with Crippen LogP contribution in [-0.4, -0.2) is 9.97 Å². The molecule has 0 aliphatic rings. The van der Waals surface area contributed by atoms with Crippen LogP contribution >= 0.6 is 0 Å². The van der Waals surface area contributed by atoms with Crippen molar-refractivity contribution in [3.8, 4) is 11.4 Å². The van der Waals surface area contributed by atoms with Crippen LogP contribution in [0.15, 0.2) is 48.5 Å². The third-order valence-corrected chi connectivity index (χ3v) is 3.39. The predicted octanol–water partition coefficient (Wildman–Crippen LogP) is 4.00. The molecule has 0 spiro atoms. The Morgan fingerprint density at radius 3 is 2.50 bits per heavy atom. The molecule has 0 saturated carbocycles. The minimum atomic E-state index is 0.328. The first-order valence-corrected chi connectivity index (χ1v) is 6.78. The van der Waals surface area contributed by atoms with Crippen molar-refractivity contribution in [1.82, 2.24) is 9.97 Å². The van der Waals surface area contributed by atoms with Gasteiger partial charge >= 0.3 is 0 Å². The molecule has 1 heterocycles. The zero-order chi connectivity index (χ0) is 14.1. The predicted molar refractivity (Wildman–Crippen MR) is 83.5 cm³/mol. The molecule has 2 aromatic carbocycles. The highest BCUT2D eigenvalue weighted by molar-refractivity contribution is 5.95. The number of nitrogen functional groups attached to an aromatic ring is 1. The van der Waals surface area contributed by atoms with E-state index in [2.05, 4.69) is 42.0 Å². The monoisotopic (exact) mass is 263 g/mol. The topological polar surface area (TPSA) is 51.8 Å². The van der Waals surface area contributed by atoms with Gasteiger partial charge in [0.05, 0.1) is 0 Å². The number of benzene rings is 2. The van der Waals surface area contributed by atoms with E-state index < -0.39 is 0 Å². The van der Waals surface area contributed by atoms with Gasteiger partial charge in [-0.1, -0.05) is 56.3 Å². The molecule has 20 heavy (non-hydrogen) atoms. The molecular formula is C17H17N3. The summed E-state index contributed by atoms with van der Waals surface area (Å²) in [7, 11) is 0. The van der Waals surface area contributed by atoms with Crippen molar-refractivity contribution in [2.45, 2.75) is 19.8 Å². The summed E-state index contributed by atoms with van der Waals surface area (Å²) in [5.41, 5.74) is 7.93. The second kappa shape index (κ2) is 4.93. The Morgan fingerprint density at radius 1 is 0.950 bits per heavy atom. The fraction of sp³-hybridized carbons (Fsp3) is 0.176. The van der Waals surface area contributed by atoms with Crippen LogP contribution < -0.4 is 5.73 Å². The Bertz CT molecular complexity index is 758. The van der Waals surface area contributed by atoms with Gasteiger partial charge in [-0.05, 0) is 16.7 Å². The largest absolute Gasteiger partial charge is 0.384 e. The third kappa shape index (κ3) is 2.23. The zero-order valence-electron chi connectivity index (χ0n) is 11.7. The molecule has 1 aromatic heterocycles. The summed E-state index contributed by atoms with van der Waals surface area (Å²) in [4.78, 5) is 9.07. The van der Waals surface area contributed by atoms with Gasteiger partial charge in [0.2, 0.25) is 0 Å². The number of hydrogen-bond acceptors (Lipinski definition) is 3. The van der Waals surface area contributed by atoms with Crippen LogP contribution in [0.5, 0.6) is 0 Å². The maximum atomic E-state index is 5.93. The highest BCUT2D eigenvalue weighted by Gasteiger charge is 2.10. The van der Waals surface area contributed by atoms with Gasteiger partial charge in [-0.3, -0.25) is 0 Å². The molecule has 3 rings (SSSR count). The van der Waals surface area contributed by atoms with Crippen molar-refractivity contribution in [2.75, 3.05) is 5.73 Å². The Hall–Kier alpha value is -2.42. The van der Waals surface area contributed by atoms with E-state index in [0.29, 0.717) is 17.6 Å². The van der Waals surface area contributed by atoms with E-state index in [1.54, 1.807) is 0 Å². The minimum absolute atomic E-state index is 0.328. The van der Waals surface area contributed by atoms with Crippen molar-refractivity contribution in [3.05, 3.63) is 54.2 Å². The smallest absolute Gasteiger partial charge is 0.162 e. The molecule has 3 heteroatoms. The van der Waals surface area contributed by atoms with Crippen molar-refractivity contribution >= 4 is 16.6 Å². The summed E-state index contributed by atoms with van der Waals surface area (Å²) >= 11 is 0. The molecule has 0 aliphatic carbocycles. The van der Waals surface area contributed by atoms with Gasteiger partial charge in [0, 0.05) is 17.3 Å². The van der Waals surface area contributed by atoms with Gasteiger partial charge in [0.25, 0.3) is 0 Å². The van der Waals surface area contributed by atoms with Gasteiger partial charge in [0.1, 0.15) is 5.82 Å². The SMILES string of the molecule is CC(C)c1cc(N)nc(-c2cccc3ccccc23)n1. The Balaban J connectivity index is 2.25. The van der Waals surface area contributed by atoms with Gasteiger partial charge in [-0.2, -0.15) is 0 Å². The minimum Gasteiger partial charge on any atom is -0.384 e. The van der Waals surface area contributed by atoms with E-state index >= 15 is 0 Å². The zero-order valence-corrected chi connectivity index (χ0v) is 11.7. The molecule has 0 radical (unpaired) electrons. The van der Waals surface area contributed by atoms with Crippen LogP contribution in [0.1, 0.15) is 25.5 Å². The lowest BCUT2D eigenvalue weighted by Gasteiger charge is -2.10. The van der Waals surface area contributed by atoms with E-state index in [4.69, 9.17) is 5.73 Å². The molecule has 0 fully saturated rings. The highest BCUT2D eigenvalue weighted by atomic mass is 14.9. The van der Waals surface area contributed by atoms with Gasteiger partial charge in [-0.25, -0.2) is 9.97 Å². The van der Waals surface area contributed by atoms with E-state index in [1.807, 2.05) is 30.3 Å². The first-order valence-electron chi connectivity index (χ1n) is 6.78. The molecule has 0 atom stereocenters. The molecule has 0 aliphatic heterocycles. The summed E-state index contributed by atoms with van der Waals surface area (Å²) in [6, 6.07) is 16.3. The molecule has 2 N–H and O–H groups in total. The van der Waals surface area contributed by atoms with Gasteiger partial charge in [0.15, 0.2) is 5.82 Å². The third-order valence-electron chi connectivity index (χ3n) is 3.39. The lowest BCUT2D eigenvalue weighted by Crippen LogP contribution is -2.02. The second-order valence-electron chi connectivity index (χ2n) is 5.22. The lowest BCUT2D eigenvalue weighted by atomic mass is 10.0. The average molecular weight is 263 g/mol. The number of anilines is 1. The Morgan fingerprint density at radius 2 is 1.70 bits per heavy atom. The first kappa shape index (κ1) is 12.6. The fourth-order valence-corrected chi connectivity index (χ4v) is 2.32. The Labute approximate surface area is 118 Å². The van der Waals surface area contributed by atoms with Crippen LogP contribution in [0.2, 0.25) is 0 Å². The van der Waals surface area contributed by atoms with E-state index in [0.717, 1.165) is 16.6 Å². The maximum Gasteiger partial charge on any atom is 0.162 e. The van der Waals surface area contributed by atoms with Crippen LogP contribution in [0.3, 0.4) is 0 Å². The maximum absolute atomic E-state index is 5.93. The molecule has 0 amide bonds. The fourth-order valence-electron chi connectivity index (χ4n) is 2.32. The summed E-state index contributed by atoms with van der Waals surface area (Å²) < 4.78 is 0. The summed E-state index contributed by atoms with van der Waals surface area (Å²) in [6.07, 6.45) is 0. The molecule has 100 valence electrons. The van der Waals surface area contributed by atoms with Crippen molar-refractivity contribution < 1.29 is 0 Å². The number of nitrogens with two attached hydrogens (primary N) is 1. The van der Waals surface area contributed by atoms with Gasteiger partial charge < -0.3 is 5.73 Å². The molecule has 0 saturated heterocycles. The molecule has 0 unspecified atom stereocenters. The van der Waals surface area contributed by atoms with E-state index in [9.17, 15) is 0 Å². The van der Waals surface area contributed by atoms with Gasteiger partial charge in [-0.15, -0.1) is 0 Å². The van der Waals surface area contributed by atoms with Crippen molar-refractivity contribution in [3.63, 3.8) is 0 Å². The second-order valence-corrected chi connectivity index (χ2v) is 5.22. The normalized spacial score (nSPS) is 11.2. The highest BCUT2D eigenvalue weighted by Crippen LogP contribution is 2.27. The standard InChI is InChI=1S/C17H17N3/c1-11(2)15-10-16(18)20-17(19-15)14-9-5-7-12-6-3-4-8-13(12)14/h3-11H,1-2H3,(H2,18,19,20). The first-order chi connectivity index (χ1) is 9.65. The Kier molecular flexibility index (Phi) is 3.11. The van der Waals surface area contributed by atoms with E-state index in [-0.39, 0.29) is 0 Å².